The second-order valence-electron chi connectivity index (χ2n) is 17.6. The number of ether oxygens (including phenoxy) is 3. The second-order valence-corrected chi connectivity index (χ2v) is 19.8. The molecule has 1 spiro atoms. The fourth-order valence-electron chi connectivity index (χ4n) is 9.65. The number of sulfonamides is 1. The number of fused-ring (bicyclic) bond motifs is 5. The highest BCUT2D eigenvalue weighted by Crippen LogP contribution is 2.47. The van der Waals surface area contributed by atoms with Crippen LogP contribution in [0.25, 0.3) is 10.9 Å². The summed E-state index contributed by atoms with van der Waals surface area (Å²) in [4.78, 5) is 63.8. The Balaban J connectivity index is 1.15. The van der Waals surface area contributed by atoms with E-state index in [1.807, 2.05) is 37.3 Å². The van der Waals surface area contributed by atoms with Gasteiger partial charge in [-0.3, -0.25) is 19.1 Å². The van der Waals surface area contributed by atoms with Gasteiger partial charge in [-0.15, -0.1) is 0 Å². The summed E-state index contributed by atoms with van der Waals surface area (Å²) < 4.78 is 46.3. The van der Waals surface area contributed by atoms with Crippen LogP contribution in [0.5, 0.6) is 11.5 Å². The fraction of sp³-hybridized carbons (Fsp3) is 0.651. The van der Waals surface area contributed by atoms with Gasteiger partial charge in [0.05, 0.1) is 29.6 Å². The summed E-state index contributed by atoms with van der Waals surface area (Å²) in [6.45, 7) is 3.69. The molecule has 2 aromatic rings. The van der Waals surface area contributed by atoms with Crippen molar-refractivity contribution in [2.75, 3.05) is 13.7 Å². The van der Waals surface area contributed by atoms with Crippen molar-refractivity contribution in [3.63, 3.8) is 0 Å². The van der Waals surface area contributed by atoms with Crippen molar-refractivity contribution in [3.05, 3.63) is 41.6 Å². The number of methoxy groups -OCH3 is 1. The highest BCUT2D eigenvalue weighted by atomic mass is 32.2. The van der Waals surface area contributed by atoms with Crippen molar-refractivity contribution in [3.8, 4) is 11.5 Å². The summed E-state index contributed by atoms with van der Waals surface area (Å²) in [7, 11) is -2.38. The lowest BCUT2D eigenvalue weighted by Crippen LogP contribution is -2.70. The van der Waals surface area contributed by atoms with E-state index >= 15 is 0 Å². The van der Waals surface area contributed by atoms with Gasteiger partial charge in [0, 0.05) is 23.3 Å². The van der Waals surface area contributed by atoms with Crippen LogP contribution in [0.2, 0.25) is 0 Å². The molecule has 4 fully saturated rings. The molecule has 6 aliphatic rings. The van der Waals surface area contributed by atoms with Crippen LogP contribution in [-0.2, 0) is 42.0 Å². The quantitative estimate of drug-likeness (QED) is 0.311. The van der Waals surface area contributed by atoms with Gasteiger partial charge < -0.3 is 29.7 Å². The van der Waals surface area contributed by atoms with E-state index in [-0.39, 0.29) is 25.5 Å². The van der Waals surface area contributed by atoms with Gasteiger partial charge in [0.1, 0.15) is 40.8 Å². The van der Waals surface area contributed by atoms with Crippen molar-refractivity contribution in [2.24, 2.45) is 5.92 Å². The van der Waals surface area contributed by atoms with Crippen molar-refractivity contribution in [1.82, 2.24) is 25.2 Å². The average Bonchev–Trinajstić information content (AvgIpc) is 3.58. The van der Waals surface area contributed by atoms with E-state index < -0.39 is 67.7 Å². The molecule has 5 atom stereocenters. The van der Waals surface area contributed by atoms with E-state index in [4.69, 9.17) is 19.2 Å². The molecule has 1 aromatic carbocycles. The number of allylic oxidation sites excluding steroid dienone is 1. The largest absolute Gasteiger partial charge is 0.497 e. The molecular formula is C43H57N5O9S. The maximum Gasteiger partial charge on any atom is 0.408 e. The summed E-state index contributed by atoms with van der Waals surface area (Å²) >= 11 is 0. The van der Waals surface area contributed by atoms with Crippen LogP contribution in [-0.4, -0.2) is 89.8 Å². The summed E-state index contributed by atoms with van der Waals surface area (Å²) in [5, 5.41) is 6.83. The minimum absolute atomic E-state index is 0.0633. The zero-order valence-corrected chi connectivity index (χ0v) is 34.7. The van der Waals surface area contributed by atoms with Crippen molar-refractivity contribution < 1.29 is 41.8 Å². The molecule has 3 N–H and O–H groups in total. The molecule has 5 unspecified atom stereocenters. The highest BCUT2D eigenvalue weighted by molar-refractivity contribution is 7.91. The Morgan fingerprint density at radius 1 is 1.03 bits per heavy atom. The summed E-state index contributed by atoms with van der Waals surface area (Å²) in [5.41, 5.74) is 0.0729. The Hall–Kier alpha value is -4.40. The van der Waals surface area contributed by atoms with Crippen molar-refractivity contribution in [2.45, 2.75) is 157 Å². The molecule has 15 heteroatoms. The number of rotatable bonds is 7. The van der Waals surface area contributed by atoms with Crippen LogP contribution in [0.4, 0.5) is 4.79 Å². The topological polar surface area (TPSA) is 182 Å². The van der Waals surface area contributed by atoms with Crippen LogP contribution in [0.15, 0.2) is 30.4 Å². The van der Waals surface area contributed by atoms with Crippen molar-refractivity contribution in [1.29, 1.82) is 0 Å². The number of carbonyl (C=O) groups is 4. The third-order valence-corrected chi connectivity index (χ3v) is 15.9. The van der Waals surface area contributed by atoms with E-state index in [2.05, 4.69) is 15.4 Å². The second kappa shape index (κ2) is 15.6. The number of amides is 4. The maximum absolute atomic E-state index is 14.9. The lowest BCUT2D eigenvalue weighted by molar-refractivity contribution is -0.144. The summed E-state index contributed by atoms with van der Waals surface area (Å²) in [6, 6.07) is 3.72. The van der Waals surface area contributed by atoms with Crippen LogP contribution >= 0.6 is 0 Å². The molecule has 1 saturated heterocycles. The number of aryl methyl sites for hydroxylation is 2. The third kappa shape index (κ3) is 7.51. The molecule has 3 aliphatic heterocycles. The van der Waals surface area contributed by atoms with Gasteiger partial charge in [0.2, 0.25) is 21.8 Å². The Morgan fingerprint density at radius 3 is 2.52 bits per heavy atom. The minimum Gasteiger partial charge on any atom is -0.497 e. The third-order valence-electron chi connectivity index (χ3n) is 13.8. The molecule has 58 heavy (non-hydrogen) atoms. The maximum atomic E-state index is 14.9. The van der Waals surface area contributed by atoms with E-state index in [1.54, 1.807) is 14.0 Å². The highest BCUT2D eigenvalue weighted by Gasteiger charge is 2.59. The van der Waals surface area contributed by atoms with Gasteiger partial charge in [0.25, 0.3) is 5.91 Å². The molecule has 4 heterocycles. The summed E-state index contributed by atoms with van der Waals surface area (Å²) in [5.74, 6) is -0.859. The predicted molar refractivity (Wildman–Crippen MR) is 216 cm³/mol. The van der Waals surface area contributed by atoms with Gasteiger partial charge >= 0.3 is 6.09 Å². The molecule has 4 amide bonds. The van der Waals surface area contributed by atoms with Gasteiger partial charge in [-0.1, -0.05) is 31.9 Å². The first-order chi connectivity index (χ1) is 27.8. The zero-order chi connectivity index (χ0) is 40.9. The molecule has 14 nitrogen and oxygen atoms in total. The van der Waals surface area contributed by atoms with Gasteiger partial charge in [-0.25, -0.2) is 18.2 Å². The smallest absolute Gasteiger partial charge is 0.408 e. The Morgan fingerprint density at radius 2 is 1.81 bits per heavy atom. The number of benzene rings is 1. The van der Waals surface area contributed by atoms with E-state index in [1.165, 1.54) is 4.90 Å². The Labute approximate surface area is 340 Å². The number of hydrogen-bond acceptors (Lipinski definition) is 10. The van der Waals surface area contributed by atoms with Crippen LogP contribution < -0.4 is 24.8 Å². The molecule has 3 aliphatic carbocycles. The number of aromatic nitrogens is 1. The van der Waals surface area contributed by atoms with Crippen molar-refractivity contribution >= 4 is 44.7 Å². The summed E-state index contributed by atoms with van der Waals surface area (Å²) in [6.07, 6.45) is 13.4. The van der Waals surface area contributed by atoms with Crippen LogP contribution in [0.1, 0.15) is 121 Å². The number of carbonyl (C=O) groups excluding carboxylic acids is 4. The lowest BCUT2D eigenvalue weighted by Gasteiger charge is -2.48. The molecule has 1 aromatic heterocycles. The number of alkyl carbamates (subject to hydrolysis) is 1. The molecular weight excluding hydrogens is 763 g/mol. The van der Waals surface area contributed by atoms with Gasteiger partial charge in [0.15, 0.2) is 0 Å². The van der Waals surface area contributed by atoms with Crippen LogP contribution in [0, 0.1) is 5.92 Å². The minimum atomic E-state index is -4.00. The first kappa shape index (κ1) is 40.4. The molecule has 3 saturated carbocycles. The first-order valence-electron chi connectivity index (χ1n) is 21.3. The number of nitrogens with zero attached hydrogens (tertiary/aromatic N) is 2. The Bertz CT molecular complexity index is 2120. The monoisotopic (exact) mass is 819 g/mol. The molecule has 8 rings (SSSR count). The van der Waals surface area contributed by atoms with E-state index in [0.717, 1.165) is 60.7 Å². The average molecular weight is 820 g/mol. The Kier molecular flexibility index (Phi) is 10.9. The van der Waals surface area contributed by atoms with Crippen LogP contribution in [0.3, 0.4) is 0 Å². The zero-order valence-electron chi connectivity index (χ0n) is 33.9. The normalized spacial score (nSPS) is 29.8. The first-order valence-corrected chi connectivity index (χ1v) is 22.8. The predicted octanol–water partition coefficient (Wildman–Crippen LogP) is 5.29. The number of hydrogen-bond donors (Lipinski definition) is 3. The fourth-order valence-corrected chi connectivity index (χ4v) is 11.0. The lowest BCUT2D eigenvalue weighted by atomic mass is 9.65. The number of nitrogens with one attached hydrogen (secondary N) is 3. The van der Waals surface area contributed by atoms with E-state index in [0.29, 0.717) is 69.3 Å². The SMILES string of the molecule is CCc1nc2ccc(OC)cc2c2c1OC1(CC2)CC2C(=O)NC3(C(=O)NS(=O)(=O)C4(C)CC4)CCC3C=CCCCCCC(NC(=O)OC3CCCC3)C(=O)N2C1. The molecule has 314 valence electrons. The molecule has 0 bridgehead atoms. The molecule has 0 radical (unpaired) electrons. The van der Waals surface area contributed by atoms with Gasteiger partial charge in [-0.05, 0) is 115 Å². The van der Waals surface area contributed by atoms with Gasteiger partial charge in [-0.2, -0.15) is 0 Å². The van der Waals surface area contributed by atoms with E-state index in [9.17, 15) is 27.6 Å². The number of pyridine rings is 1. The standard InChI is InChI=1S/C43H57N5O9S/c1-4-32-36-30(31-24-29(55-3)16-17-33(31)44-32)19-20-42(57-36)25-35-37(49)46-43(39(51)47-58(53,54)41(2)22-23-41)21-18-27(43)12-8-6-5-7-9-15-34(38(50)48(35)26-42)45-40(52)56-28-13-10-11-14-28/h8,12,16-17,24,27-28,34-35H,4-7,9-11,13-15,18-23,25-26H2,1-3H3,(H,45,52)(H,46,49)(H,47,51).